The Morgan fingerprint density at radius 2 is 1.82 bits per heavy atom. The van der Waals surface area contributed by atoms with Gasteiger partial charge in [-0.05, 0) is 49.4 Å². The molecule has 40 heavy (non-hydrogen) atoms. The summed E-state index contributed by atoms with van der Waals surface area (Å²) in [4.78, 5) is 40.3. The highest BCUT2D eigenvalue weighted by Gasteiger charge is 2.49. The fourth-order valence-corrected chi connectivity index (χ4v) is 5.21. The number of thiophene rings is 1. The van der Waals surface area contributed by atoms with Crippen LogP contribution in [0.1, 0.15) is 40.2 Å². The molecular weight excluding hydrogens is 540 g/mol. The van der Waals surface area contributed by atoms with E-state index in [0.29, 0.717) is 21.9 Å². The lowest BCUT2D eigenvalue weighted by atomic mass is 10.0. The van der Waals surface area contributed by atoms with Gasteiger partial charge in [-0.15, -0.1) is 11.3 Å². The third kappa shape index (κ3) is 6.81. The molecular formula is C28H29F2N5O4S. The molecule has 9 nitrogen and oxygen atoms in total. The normalized spacial score (nSPS) is 19.1. The van der Waals surface area contributed by atoms with E-state index < -0.39 is 61.7 Å². The standard InChI is InChI=1S/C28H29F2N5O4S/c1-17(23-11-19(14-40-23)25(31)32)34-27(38)22-12-28(30,15-29)16-35(22)24(36)13-33-26(37)18-7-9-21(10-8-18)39-20-5-3-2-4-6-20/h2-11,14,17,22H,12-13,15-16H2,1H3,(H3,31,32)(H,33,37)(H,34,38)/t17-,22+,28+/m1/s1. The van der Waals surface area contributed by atoms with Crippen LogP contribution < -0.4 is 21.1 Å². The molecule has 12 heteroatoms. The topological polar surface area (TPSA) is 138 Å². The third-order valence-electron chi connectivity index (χ3n) is 6.46. The molecule has 3 amide bonds. The van der Waals surface area contributed by atoms with E-state index >= 15 is 0 Å². The van der Waals surface area contributed by atoms with E-state index in [1.165, 1.54) is 23.5 Å². The van der Waals surface area contributed by atoms with Crippen LogP contribution in [0.2, 0.25) is 0 Å². The first-order valence-corrected chi connectivity index (χ1v) is 13.4. The Morgan fingerprint density at radius 3 is 2.45 bits per heavy atom. The molecule has 3 aromatic rings. The molecule has 2 heterocycles. The average Bonchev–Trinajstić information content (AvgIpc) is 3.59. The smallest absolute Gasteiger partial charge is 0.251 e. The first kappa shape index (κ1) is 28.7. The van der Waals surface area contributed by atoms with Crippen molar-refractivity contribution in [3.8, 4) is 11.5 Å². The molecule has 1 aliphatic rings. The van der Waals surface area contributed by atoms with Crippen molar-refractivity contribution >= 4 is 34.9 Å². The zero-order chi connectivity index (χ0) is 28.9. The Hall–Kier alpha value is -4.32. The number of amidine groups is 1. The number of hydrogen-bond acceptors (Lipinski definition) is 6. The van der Waals surface area contributed by atoms with E-state index in [1.54, 1.807) is 42.6 Å². The van der Waals surface area contributed by atoms with Crippen molar-refractivity contribution in [3.63, 3.8) is 0 Å². The van der Waals surface area contributed by atoms with Gasteiger partial charge in [-0.25, -0.2) is 8.78 Å². The summed E-state index contributed by atoms with van der Waals surface area (Å²) in [5.74, 6) is -0.872. The highest BCUT2D eigenvalue weighted by molar-refractivity contribution is 7.10. The van der Waals surface area contributed by atoms with Crippen LogP contribution in [0.15, 0.2) is 66.0 Å². The van der Waals surface area contributed by atoms with Crippen molar-refractivity contribution in [3.05, 3.63) is 82.0 Å². The lowest BCUT2D eigenvalue weighted by Crippen LogP contribution is -2.49. The first-order chi connectivity index (χ1) is 19.1. The van der Waals surface area contributed by atoms with E-state index in [0.717, 1.165) is 4.90 Å². The zero-order valence-electron chi connectivity index (χ0n) is 21.7. The van der Waals surface area contributed by atoms with E-state index in [1.807, 2.05) is 18.2 Å². The second-order valence-electron chi connectivity index (χ2n) is 9.53. The number of nitrogen functional groups attached to an aromatic ring is 1. The quantitative estimate of drug-likeness (QED) is 0.218. The average molecular weight is 570 g/mol. The summed E-state index contributed by atoms with van der Waals surface area (Å²) in [7, 11) is 0. The molecule has 5 N–H and O–H groups in total. The van der Waals surface area contributed by atoms with Gasteiger partial charge in [0, 0.05) is 27.8 Å². The molecule has 0 aliphatic carbocycles. The van der Waals surface area contributed by atoms with Gasteiger partial charge >= 0.3 is 0 Å². The predicted octanol–water partition coefficient (Wildman–Crippen LogP) is 3.71. The molecule has 2 aromatic carbocycles. The van der Waals surface area contributed by atoms with Gasteiger partial charge in [0.15, 0.2) is 5.67 Å². The van der Waals surface area contributed by atoms with Gasteiger partial charge in [0.25, 0.3) is 5.91 Å². The lowest BCUT2D eigenvalue weighted by molar-refractivity contribution is -0.138. The van der Waals surface area contributed by atoms with E-state index in [4.69, 9.17) is 15.9 Å². The fraction of sp³-hybridized carbons (Fsp3) is 0.286. The number of nitrogens with two attached hydrogens (primary N) is 1. The van der Waals surface area contributed by atoms with E-state index in [2.05, 4.69) is 10.6 Å². The van der Waals surface area contributed by atoms with Crippen molar-refractivity contribution in [2.24, 2.45) is 5.73 Å². The number of ether oxygens (including phenoxy) is 1. The summed E-state index contributed by atoms with van der Waals surface area (Å²) in [5.41, 5.74) is 3.89. The molecule has 1 fully saturated rings. The van der Waals surface area contributed by atoms with Crippen LogP contribution in [0.5, 0.6) is 11.5 Å². The maximum atomic E-state index is 15.0. The summed E-state index contributed by atoms with van der Waals surface area (Å²) in [5, 5.41) is 14.4. The van der Waals surface area contributed by atoms with E-state index in [-0.39, 0.29) is 11.4 Å². The molecule has 0 saturated carbocycles. The monoisotopic (exact) mass is 569 g/mol. The van der Waals surface area contributed by atoms with Crippen molar-refractivity contribution in [1.29, 1.82) is 5.41 Å². The number of halogens is 2. The summed E-state index contributed by atoms with van der Waals surface area (Å²) < 4.78 is 34.2. The Morgan fingerprint density at radius 1 is 1.15 bits per heavy atom. The second kappa shape index (κ2) is 12.2. The van der Waals surface area contributed by atoms with Gasteiger partial charge in [0.2, 0.25) is 11.8 Å². The van der Waals surface area contributed by atoms with Crippen molar-refractivity contribution < 1.29 is 27.9 Å². The van der Waals surface area contributed by atoms with Gasteiger partial charge in [-0.3, -0.25) is 19.8 Å². The third-order valence-corrected chi connectivity index (χ3v) is 7.58. The minimum Gasteiger partial charge on any atom is -0.457 e. The van der Waals surface area contributed by atoms with Crippen LogP contribution in [-0.2, 0) is 9.59 Å². The number of likely N-dealkylation sites (tertiary alicyclic amines) is 1. The molecule has 210 valence electrons. The number of amides is 3. The minimum absolute atomic E-state index is 0.114. The van der Waals surface area contributed by atoms with Gasteiger partial charge in [0.1, 0.15) is 30.1 Å². The molecule has 0 spiro atoms. The Balaban J connectivity index is 1.36. The summed E-state index contributed by atoms with van der Waals surface area (Å²) in [6.07, 6.45) is -0.506. The van der Waals surface area contributed by atoms with Crippen LogP contribution in [0.4, 0.5) is 8.78 Å². The first-order valence-electron chi connectivity index (χ1n) is 12.5. The van der Waals surface area contributed by atoms with Crippen LogP contribution in [-0.4, -0.2) is 59.9 Å². The largest absolute Gasteiger partial charge is 0.457 e. The van der Waals surface area contributed by atoms with Gasteiger partial charge in [-0.1, -0.05) is 18.2 Å². The van der Waals surface area contributed by atoms with Crippen molar-refractivity contribution in [2.45, 2.75) is 31.1 Å². The Bertz CT molecular complexity index is 1380. The molecule has 4 rings (SSSR count). The van der Waals surface area contributed by atoms with Crippen molar-refractivity contribution in [1.82, 2.24) is 15.5 Å². The number of nitrogens with one attached hydrogen (secondary N) is 3. The molecule has 1 aromatic heterocycles. The van der Waals surface area contributed by atoms with Crippen LogP contribution in [0, 0.1) is 5.41 Å². The number of carbonyl (C=O) groups excluding carboxylic acids is 3. The number of carbonyl (C=O) groups is 3. The molecule has 0 bridgehead atoms. The number of nitrogens with zero attached hydrogens (tertiary/aromatic N) is 1. The molecule has 1 aliphatic heterocycles. The van der Waals surface area contributed by atoms with Gasteiger partial charge in [0.05, 0.1) is 19.1 Å². The number of alkyl halides is 2. The lowest BCUT2D eigenvalue weighted by Gasteiger charge is -2.25. The molecule has 3 atom stereocenters. The maximum Gasteiger partial charge on any atom is 0.251 e. The maximum absolute atomic E-state index is 15.0. The fourth-order valence-electron chi connectivity index (χ4n) is 4.29. The number of benzene rings is 2. The van der Waals surface area contributed by atoms with Gasteiger partial charge < -0.3 is 26.0 Å². The van der Waals surface area contributed by atoms with E-state index in [9.17, 15) is 23.2 Å². The number of hydrogen-bond donors (Lipinski definition) is 4. The van der Waals surface area contributed by atoms with Crippen LogP contribution >= 0.6 is 11.3 Å². The van der Waals surface area contributed by atoms with Gasteiger partial charge in [-0.2, -0.15) is 0 Å². The predicted molar refractivity (Wildman–Crippen MR) is 147 cm³/mol. The summed E-state index contributed by atoms with van der Waals surface area (Å²) >= 11 is 1.29. The number of rotatable bonds is 10. The van der Waals surface area contributed by atoms with Crippen LogP contribution in [0.25, 0.3) is 0 Å². The van der Waals surface area contributed by atoms with Crippen molar-refractivity contribution in [2.75, 3.05) is 19.8 Å². The molecule has 0 radical (unpaired) electrons. The molecule has 0 unspecified atom stereocenters. The summed E-state index contributed by atoms with van der Waals surface area (Å²) in [6.45, 7) is -0.769. The molecule has 1 saturated heterocycles. The Kier molecular flexibility index (Phi) is 8.78. The SMILES string of the molecule is C[C@@H](NC(=O)[C@@H]1C[C@](F)(CF)CN1C(=O)CNC(=O)c1ccc(Oc2ccccc2)cc1)c1cc(C(=N)N)cs1. The highest BCUT2D eigenvalue weighted by Crippen LogP contribution is 2.32. The Labute approximate surface area is 233 Å². The second-order valence-corrected chi connectivity index (χ2v) is 10.5. The minimum atomic E-state index is -2.37. The summed E-state index contributed by atoms with van der Waals surface area (Å²) in [6, 6.07) is 15.3. The van der Waals surface area contributed by atoms with Crippen LogP contribution in [0.3, 0.4) is 0 Å². The number of para-hydroxylation sites is 1. The highest BCUT2D eigenvalue weighted by atomic mass is 32.1. The zero-order valence-corrected chi connectivity index (χ0v) is 22.5.